The molecular weight excluding hydrogens is 653 g/mol. The number of carbonyl (C=O) groups excluding carboxylic acids is 2. The Balaban J connectivity index is 1.93. The first-order chi connectivity index (χ1) is 20.8. The van der Waals surface area contributed by atoms with Crippen molar-refractivity contribution in [1.29, 1.82) is 0 Å². The largest absolute Gasteiger partial charge is 0.504 e. The van der Waals surface area contributed by atoms with Crippen molar-refractivity contribution in [3.05, 3.63) is 94.0 Å². The Morgan fingerprint density at radius 3 is 1.38 bits per heavy atom. The molecule has 0 bridgehead atoms. The number of fused-ring (bicyclic) bond motifs is 2. The van der Waals surface area contributed by atoms with Gasteiger partial charge >= 0.3 is 0 Å². The first kappa shape index (κ1) is 31.8. The van der Waals surface area contributed by atoms with Gasteiger partial charge in [-0.15, -0.1) is 0 Å². The highest BCUT2D eigenvalue weighted by atomic mass is 32.2. The normalized spacial score (nSPS) is 13.3. The van der Waals surface area contributed by atoms with Crippen molar-refractivity contribution in [2.75, 3.05) is 10.6 Å². The van der Waals surface area contributed by atoms with Crippen LogP contribution in [0.15, 0.2) is 75.4 Å². The van der Waals surface area contributed by atoms with Crippen molar-refractivity contribution in [1.82, 2.24) is 0 Å². The van der Waals surface area contributed by atoms with Crippen LogP contribution in [-0.4, -0.2) is 55.6 Å². The summed E-state index contributed by atoms with van der Waals surface area (Å²) in [5.74, 6) is -3.33. The number of carbonyl (C=O) groups is 2. The van der Waals surface area contributed by atoms with E-state index in [1.807, 2.05) is 0 Å². The predicted molar refractivity (Wildman–Crippen MR) is 160 cm³/mol. The van der Waals surface area contributed by atoms with E-state index in [4.69, 9.17) is 0 Å². The summed E-state index contributed by atoms with van der Waals surface area (Å²) in [5.41, 5.74) is -3.83. The standard InChI is InChI=1S/C28H22N2O12S3/c1-13-7-9-17(19(11-13)43(34,35)36)29-23-21-22(26(32)16-6-4-3-5-15(16)25(21)31)24(28(27(23)33)45(40,41)42)30-18-10-8-14(2)12-20(18)44(37,38)39/h3-12,29-30,33H,1-2H3,(H,34,35,36)(H,37,38,39)(H,40,41,42). The molecule has 5 rings (SSSR count). The molecule has 0 unspecified atom stereocenters. The van der Waals surface area contributed by atoms with Gasteiger partial charge in [0, 0.05) is 11.1 Å². The molecule has 1 aliphatic carbocycles. The summed E-state index contributed by atoms with van der Waals surface area (Å²) in [4.78, 5) is 25.0. The topological polar surface area (TPSA) is 242 Å². The predicted octanol–water partition coefficient (Wildman–Crippen LogP) is 4.01. The smallest absolute Gasteiger partial charge is 0.300 e. The summed E-state index contributed by atoms with van der Waals surface area (Å²) in [6.45, 7) is 2.99. The monoisotopic (exact) mass is 674 g/mol. The molecule has 0 spiro atoms. The Morgan fingerprint density at radius 1 is 0.578 bits per heavy atom. The molecule has 0 saturated heterocycles. The number of hydrogen-bond acceptors (Lipinski definition) is 11. The number of rotatable bonds is 7. The molecule has 0 heterocycles. The van der Waals surface area contributed by atoms with Crippen LogP contribution in [0.5, 0.6) is 5.75 Å². The Bertz CT molecular complexity index is 2320. The third-order valence-corrected chi connectivity index (χ3v) is 9.61. The van der Waals surface area contributed by atoms with Crippen molar-refractivity contribution in [2.24, 2.45) is 0 Å². The van der Waals surface area contributed by atoms with Crippen LogP contribution in [0.25, 0.3) is 0 Å². The number of phenolic OH excluding ortho intramolecular Hbond substituents is 1. The maximum absolute atomic E-state index is 14.0. The molecule has 0 aliphatic heterocycles. The molecule has 1 aliphatic rings. The van der Waals surface area contributed by atoms with Crippen LogP contribution in [0.4, 0.5) is 22.7 Å². The number of ketones is 2. The van der Waals surface area contributed by atoms with Crippen LogP contribution in [0.3, 0.4) is 0 Å². The Morgan fingerprint density at radius 2 is 0.978 bits per heavy atom. The summed E-state index contributed by atoms with van der Waals surface area (Å²) in [5, 5.41) is 16.2. The van der Waals surface area contributed by atoms with Gasteiger partial charge in [-0.1, -0.05) is 36.4 Å². The lowest BCUT2D eigenvalue weighted by atomic mass is 9.81. The van der Waals surface area contributed by atoms with Crippen LogP contribution in [-0.2, 0) is 30.4 Å². The lowest BCUT2D eigenvalue weighted by molar-refractivity contribution is 0.0980. The zero-order valence-corrected chi connectivity index (χ0v) is 25.5. The number of aryl methyl sites for hydroxylation is 2. The number of phenols is 1. The molecule has 0 atom stereocenters. The highest BCUT2D eigenvalue weighted by molar-refractivity contribution is 7.86. The van der Waals surface area contributed by atoms with Crippen LogP contribution >= 0.6 is 0 Å². The lowest BCUT2D eigenvalue weighted by Gasteiger charge is -2.27. The van der Waals surface area contributed by atoms with Gasteiger partial charge in [0.25, 0.3) is 30.4 Å². The number of aromatic hydroxyl groups is 1. The molecule has 0 aromatic heterocycles. The SMILES string of the molecule is Cc1ccc(Nc2c(O)c(S(=O)(=O)O)c(Nc3ccc(C)cc3S(=O)(=O)O)c3c2C(=O)c2ccccc2C3=O)c(S(=O)(=O)O)c1. The molecule has 17 heteroatoms. The van der Waals surface area contributed by atoms with Crippen LogP contribution < -0.4 is 10.6 Å². The first-order valence-electron chi connectivity index (χ1n) is 12.6. The second kappa shape index (κ2) is 10.8. The molecule has 6 N–H and O–H groups in total. The zero-order chi connectivity index (χ0) is 33.2. The van der Waals surface area contributed by atoms with Crippen LogP contribution in [0, 0.1) is 13.8 Å². The maximum Gasteiger partial charge on any atom is 0.300 e. The summed E-state index contributed by atoms with van der Waals surface area (Å²) in [6.07, 6.45) is 0. The summed E-state index contributed by atoms with van der Waals surface area (Å²) in [6, 6.07) is 12.4. The van der Waals surface area contributed by atoms with E-state index in [-0.39, 0.29) is 11.1 Å². The van der Waals surface area contributed by atoms with E-state index >= 15 is 0 Å². The van der Waals surface area contributed by atoms with Gasteiger partial charge in [0.1, 0.15) is 9.79 Å². The first-order valence-corrected chi connectivity index (χ1v) is 16.9. The summed E-state index contributed by atoms with van der Waals surface area (Å²) >= 11 is 0. The summed E-state index contributed by atoms with van der Waals surface area (Å²) in [7, 11) is -15.5. The molecule has 45 heavy (non-hydrogen) atoms. The quantitative estimate of drug-likeness (QED) is 0.106. The molecule has 0 amide bonds. The average molecular weight is 675 g/mol. The Labute approximate surface area is 256 Å². The minimum atomic E-state index is -5.55. The molecule has 0 saturated carbocycles. The van der Waals surface area contributed by atoms with E-state index in [9.17, 15) is 53.6 Å². The van der Waals surface area contributed by atoms with Crippen LogP contribution in [0.2, 0.25) is 0 Å². The molecule has 4 aromatic carbocycles. The van der Waals surface area contributed by atoms with Gasteiger partial charge in [0.05, 0.1) is 33.9 Å². The van der Waals surface area contributed by atoms with Gasteiger partial charge in [-0.25, -0.2) is 0 Å². The minimum Gasteiger partial charge on any atom is -0.504 e. The average Bonchev–Trinajstić information content (AvgIpc) is 2.93. The maximum atomic E-state index is 14.0. The highest BCUT2D eigenvalue weighted by Crippen LogP contribution is 2.49. The second-order valence-corrected chi connectivity index (χ2v) is 14.2. The van der Waals surface area contributed by atoms with Gasteiger partial charge < -0.3 is 15.7 Å². The van der Waals surface area contributed by atoms with Gasteiger partial charge in [-0.3, -0.25) is 23.2 Å². The van der Waals surface area contributed by atoms with Gasteiger partial charge in [-0.05, 0) is 49.2 Å². The van der Waals surface area contributed by atoms with Gasteiger partial charge in [-0.2, -0.15) is 25.3 Å². The Kier molecular flexibility index (Phi) is 7.59. The van der Waals surface area contributed by atoms with E-state index in [0.717, 1.165) is 24.3 Å². The summed E-state index contributed by atoms with van der Waals surface area (Å²) < 4.78 is 104. The number of nitrogens with one attached hydrogen (secondary N) is 2. The minimum absolute atomic E-state index is 0.184. The molecule has 14 nitrogen and oxygen atoms in total. The third kappa shape index (κ3) is 5.68. The molecular formula is C28H22N2O12S3. The van der Waals surface area contributed by atoms with E-state index in [1.165, 1.54) is 50.2 Å². The van der Waals surface area contributed by atoms with E-state index in [2.05, 4.69) is 10.6 Å². The fourth-order valence-corrected chi connectivity index (χ4v) is 7.19. The lowest BCUT2D eigenvalue weighted by Crippen LogP contribution is -2.25. The van der Waals surface area contributed by atoms with Crippen molar-refractivity contribution < 1.29 is 53.6 Å². The number of anilines is 4. The zero-order valence-electron chi connectivity index (χ0n) is 23.1. The number of benzene rings is 4. The van der Waals surface area contributed by atoms with Crippen molar-refractivity contribution in [2.45, 2.75) is 28.5 Å². The molecule has 4 aromatic rings. The van der Waals surface area contributed by atoms with Gasteiger partial charge in [0.15, 0.2) is 22.2 Å². The third-order valence-electron chi connectivity index (χ3n) is 6.91. The second-order valence-electron chi connectivity index (χ2n) is 10.1. The van der Waals surface area contributed by atoms with E-state index in [0.29, 0.717) is 11.1 Å². The Hall–Kier alpha value is -4.65. The molecule has 0 radical (unpaired) electrons. The van der Waals surface area contributed by atoms with Crippen molar-refractivity contribution >= 4 is 64.7 Å². The van der Waals surface area contributed by atoms with Crippen molar-refractivity contribution in [3.8, 4) is 5.75 Å². The number of hydrogen-bond donors (Lipinski definition) is 6. The molecule has 0 fully saturated rings. The fraction of sp³-hybridized carbons (Fsp3) is 0.0714. The van der Waals surface area contributed by atoms with E-state index in [1.54, 1.807) is 0 Å². The van der Waals surface area contributed by atoms with E-state index < -0.39 is 96.2 Å². The van der Waals surface area contributed by atoms with Gasteiger partial charge in [0.2, 0.25) is 0 Å². The van der Waals surface area contributed by atoms with Crippen LogP contribution in [0.1, 0.15) is 43.0 Å². The van der Waals surface area contributed by atoms with Crippen molar-refractivity contribution in [3.63, 3.8) is 0 Å². The fourth-order valence-electron chi connectivity index (χ4n) is 4.97. The highest BCUT2D eigenvalue weighted by Gasteiger charge is 2.41. The molecule has 234 valence electrons.